The normalized spacial score (nSPS) is 15.7. The van der Waals surface area contributed by atoms with Gasteiger partial charge in [-0.1, -0.05) is 23.7 Å². The van der Waals surface area contributed by atoms with Crippen molar-refractivity contribution in [2.24, 2.45) is 0 Å². The summed E-state index contributed by atoms with van der Waals surface area (Å²) in [5.74, 6) is 0.424. The zero-order chi connectivity index (χ0) is 23.4. The zero-order valence-electron chi connectivity index (χ0n) is 18.3. The maximum absolute atomic E-state index is 13.7. The van der Waals surface area contributed by atoms with Gasteiger partial charge in [0.15, 0.2) is 0 Å². The lowest BCUT2D eigenvalue weighted by Gasteiger charge is -2.32. The van der Waals surface area contributed by atoms with Crippen molar-refractivity contribution in [2.75, 3.05) is 56.9 Å². The number of fused-ring (bicyclic) bond motifs is 1. The summed E-state index contributed by atoms with van der Waals surface area (Å²) in [5.41, 5.74) is -0.224. The molecule has 3 aromatic rings. The van der Waals surface area contributed by atoms with E-state index in [1.54, 1.807) is 18.2 Å². The number of hydrogen-bond acceptors (Lipinski definition) is 6. The fourth-order valence-electron chi connectivity index (χ4n) is 3.81. The summed E-state index contributed by atoms with van der Waals surface area (Å²) in [6.45, 7) is 5.30. The van der Waals surface area contributed by atoms with E-state index in [0.29, 0.717) is 22.9 Å². The monoisotopic (exact) mass is 478 g/mol. The third-order valence-electron chi connectivity index (χ3n) is 5.70. The first-order chi connectivity index (χ1) is 15.8. The van der Waals surface area contributed by atoms with Crippen LogP contribution in [0.2, 0.25) is 5.02 Å². The number of rotatable bonds is 7. The molecule has 0 unspecified atom stereocenters. The van der Waals surface area contributed by atoms with Crippen LogP contribution < -0.4 is 10.6 Å². The summed E-state index contributed by atoms with van der Waals surface area (Å²) >= 11 is 6.19. The van der Waals surface area contributed by atoms with E-state index in [0.717, 1.165) is 50.6 Å². The number of aromatic nitrogens is 2. The molecule has 10 heteroatoms. The maximum atomic E-state index is 13.7. The number of hydrogen-bond donors (Lipinski definition) is 2. The molecular formula is C23H26ClF3N6. The van der Waals surface area contributed by atoms with Crippen LogP contribution in [0.15, 0.2) is 42.6 Å². The second-order valence-corrected chi connectivity index (χ2v) is 8.58. The van der Waals surface area contributed by atoms with E-state index < -0.39 is 11.7 Å². The molecule has 0 atom stereocenters. The Morgan fingerprint density at radius 3 is 2.61 bits per heavy atom. The number of piperazine rings is 1. The lowest BCUT2D eigenvalue weighted by atomic mass is 10.2. The van der Waals surface area contributed by atoms with Gasteiger partial charge in [-0.15, -0.1) is 0 Å². The molecule has 1 saturated heterocycles. The fourth-order valence-corrected chi connectivity index (χ4v) is 4.03. The summed E-state index contributed by atoms with van der Waals surface area (Å²) in [4.78, 5) is 13.2. The van der Waals surface area contributed by atoms with Crippen molar-refractivity contribution in [2.45, 2.75) is 12.6 Å². The number of benzene rings is 1. The molecule has 0 radical (unpaired) electrons. The molecule has 0 amide bonds. The molecule has 2 aromatic heterocycles. The highest BCUT2D eigenvalue weighted by atomic mass is 35.5. The van der Waals surface area contributed by atoms with Gasteiger partial charge < -0.3 is 20.4 Å². The van der Waals surface area contributed by atoms with Gasteiger partial charge in [-0.2, -0.15) is 13.2 Å². The minimum absolute atomic E-state index is 0.0269. The van der Waals surface area contributed by atoms with Gasteiger partial charge in [-0.3, -0.25) is 0 Å². The second-order valence-electron chi connectivity index (χ2n) is 8.17. The topological polar surface area (TPSA) is 56.3 Å². The summed E-state index contributed by atoms with van der Waals surface area (Å²) in [6.07, 6.45) is -2.54. The Balaban J connectivity index is 1.42. The van der Waals surface area contributed by atoms with Crippen LogP contribution in [0.4, 0.5) is 30.5 Å². The predicted molar refractivity (Wildman–Crippen MR) is 126 cm³/mol. The zero-order valence-corrected chi connectivity index (χ0v) is 19.0. The van der Waals surface area contributed by atoms with E-state index in [1.165, 1.54) is 6.20 Å². The summed E-state index contributed by atoms with van der Waals surface area (Å²) in [5, 5.41) is 7.08. The van der Waals surface area contributed by atoms with Gasteiger partial charge in [0, 0.05) is 38.1 Å². The van der Waals surface area contributed by atoms with E-state index in [9.17, 15) is 13.2 Å². The minimum Gasteiger partial charge on any atom is -0.383 e. The fraction of sp³-hybridized carbons (Fsp3) is 0.391. The Bertz CT molecular complexity index is 1100. The van der Waals surface area contributed by atoms with Crippen LogP contribution in [0.5, 0.6) is 0 Å². The number of pyridine rings is 2. The molecule has 1 aromatic carbocycles. The second kappa shape index (κ2) is 10.1. The SMILES string of the molecule is CN1CCN(CCCNc2cnc(Nc3ccc4cccc(Cl)c4n3)cc2C(F)(F)F)CC1. The Morgan fingerprint density at radius 2 is 1.85 bits per heavy atom. The molecule has 1 aliphatic heterocycles. The number of nitrogens with zero attached hydrogens (tertiary/aromatic N) is 4. The molecule has 33 heavy (non-hydrogen) atoms. The van der Waals surface area contributed by atoms with Crippen LogP contribution in [0, 0.1) is 0 Å². The van der Waals surface area contributed by atoms with Gasteiger partial charge in [0.25, 0.3) is 0 Å². The van der Waals surface area contributed by atoms with Gasteiger partial charge in [-0.25, -0.2) is 9.97 Å². The Labute approximate surface area is 195 Å². The number of anilines is 3. The first-order valence-corrected chi connectivity index (χ1v) is 11.2. The first kappa shape index (κ1) is 23.5. The molecule has 3 heterocycles. The Morgan fingerprint density at radius 1 is 1.06 bits per heavy atom. The molecule has 2 N–H and O–H groups in total. The number of alkyl halides is 3. The van der Waals surface area contributed by atoms with Crippen LogP contribution in [0.1, 0.15) is 12.0 Å². The lowest BCUT2D eigenvalue weighted by Crippen LogP contribution is -2.44. The van der Waals surface area contributed by atoms with Crippen molar-refractivity contribution in [3.8, 4) is 0 Å². The number of nitrogens with one attached hydrogen (secondary N) is 2. The van der Waals surface area contributed by atoms with Gasteiger partial charge in [0.2, 0.25) is 0 Å². The van der Waals surface area contributed by atoms with Crippen LogP contribution in [-0.4, -0.2) is 66.1 Å². The number of para-hydroxylation sites is 1. The Hall–Kier alpha value is -2.62. The molecule has 1 aliphatic rings. The van der Waals surface area contributed by atoms with E-state index in [1.807, 2.05) is 12.1 Å². The molecule has 0 bridgehead atoms. The minimum atomic E-state index is -4.51. The highest BCUT2D eigenvalue weighted by Gasteiger charge is 2.34. The maximum Gasteiger partial charge on any atom is 0.418 e. The van der Waals surface area contributed by atoms with Crippen LogP contribution in [0.3, 0.4) is 0 Å². The highest BCUT2D eigenvalue weighted by molar-refractivity contribution is 6.35. The van der Waals surface area contributed by atoms with Crippen molar-refractivity contribution < 1.29 is 13.2 Å². The van der Waals surface area contributed by atoms with Crippen LogP contribution in [0.25, 0.3) is 10.9 Å². The number of likely N-dealkylation sites (N-methyl/N-ethyl adjacent to an activating group) is 1. The predicted octanol–water partition coefficient (Wildman–Crippen LogP) is 5.10. The molecule has 0 aliphatic carbocycles. The molecule has 0 saturated carbocycles. The van der Waals surface area contributed by atoms with Gasteiger partial charge in [-0.05, 0) is 44.3 Å². The smallest absolute Gasteiger partial charge is 0.383 e. The summed E-state index contributed by atoms with van der Waals surface area (Å²) < 4.78 is 41.2. The van der Waals surface area contributed by atoms with E-state index in [-0.39, 0.29) is 11.5 Å². The molecule has 176 valence electrons. The standard InChI is InChI=1S/C23H26ClF3N6/c1-32-10-12-33(13-11-32)9-3-8-28-19-15-29-21(14-17(19)23(25,26)27)30-20-7-6-16-4-2-5-18(24)22(16)31-20/h2,4-7,14-15,28H,3,8-13H2,1H3,(H,29,30,31). The lowest BCUT2D eigenvalue weighted by molar-refractivity contribution is -0.137. The third-order valence-corrected chi connectivity index (χ3v) is 6.00. The Kier molecular flexibility index (Phi) is 7.21. The van der Waals surface area contributed by atoms with Crippen molar-refractivity contribution in [1.82, 2.24) is 19.8 Å². The van der Waals surface area contributed by atoms with Gasteiger partial charge in [0.1, 0.15) is 11.6 Å². The van der Waals surface area contributed by atoms with Crippen molar-refractivity contribution in [1.29, 1.82) is 0 Å². The molecule has 1 fully saturated rings. The molecule has 4 rings (SSSR count). The average molecular weight is 479 g/mol. The van der Waals surface area contributed by atoms with Crippen LogP contribution in [-0.2, 0) is 6.18 Å². The molecule has 6 nitrogen and oxygen atoms in total. The third kappa shape index (κ3) is 6.04. The molecular weight excluding hydrogens is 453 g/mol. The summed E-state index contributed by atoms with van der Waals surface area (Å²) in [7, 11) is 2.09. The average Bonchev–Trinajstić information content (AvgIpc) is 2.78. The van der Waals surface area contributed by atoms with E-state index in [4.69, 9.17) is 11.6 Å². The summed E-state index contributed by atoms with van der Waals surface area (Å²) in [6, 6.07) is 9.87. The van der Waals surface area contributed by atoms with Gasteiger partial charge in [0.05, 0.1) is 28.0 Å². The van der Waals surface area contributed by atoms with Crippen molar-refractivity contribution in [3.63, 3.8) is 0 Å². The first-order valence-electron chi connectivity index (χ1n) is 10.8. The van der Waals surface area contributed by atoms with Crippen LogP contribution >= 0.6 is 11.6 Å². The van der Waals surface area contributed by atoms with Crippen molar-refractivity contribution in [3.05, 3.63) is 53.2 Å². The van der Waals surface area contributed by atoms with E-state index >= 15 is 0 Å². The largest absolute Gasteiger partial charge is 0.418 e. The number of halogens is 4. The highest BCUT2D eigenvalue weighted by Crippen LogP contribution is 2.36. The quantitative estimate of drug-likeness (QED) is 0.461. The van der Waals surface area contributed by atoms with E-state index in [2.05, 4.69) is 37.4 Å². The van der Waals surface area contributed by atoms with Crippen molar-refractivity contribution >= 4 is 39.8 Å². The van der Waals surface area contributed by atoms with Gasteiger partial charge >= 0.3 is 6.18 Å². The molecule has 0 spiro atoms.